The van der Waals surface area contributed by atoms with Crippen LogP contribution in [0, 0.1) is 0 Å². The molecule has 1 aliphatic carbocycles. The SMILES string of the molecule is C[C@H]1O[C@@H](O[C@H]2C(O[C@H]3O[C@H](CN)[C@@H](O)[C@H](O)[C@H]3N)[C@@H](N)C[C@@H](N)[C@@H]2O)[C@H](O)[C@@H]1OC1O[C@@H](CN)C(O)[C@H](O)[C@H]1N. The maximum Gasteiger partial charge on any atom is 0.187 e. The number of hydrogen-bond acceptors (Lipinski definition) is 18. The minimum Gasteiger partial charge on any atom is -0.389 e. The van der Waals surface area contributed by atoms with Gasteiger partial charge in [-0.15, -0.1) is 0 Å². The highest BCUT2D eigenvalue weighted by Gasteiger charge is 2.53. The summed E-state index contributed by atoms with van der Waals surface area (Å²) < 4.78 is 34.9. The number of ether oxygens (including phenoxy) is 6. The van der Waals surface area contributed by atoms with E-state index in [-0.39, 0.29) is 19.5 Å². The zero-order valence-corrected chi connectivity index (χ0v) is 22.7. The van der Waals surface area contributed by atoms with E-state index in [1.165, 1.54) is 0 Å². The van der Waals surface area contributed by atoms with Crippen LogP contribution in [-0.4, -0.2) is 160 Å². The third-order valence-corrected chi connectivity index (χ3v) is 8.33. The third-order valence-electron chi connectivity index (χ3n) is 8.33. The van der Waals surface area contributed by atoms with Crippen molar-refractivity contribution in [1.82, 2.24) is 0 Å². The fraction of sp³-hybridized carbons (Fsp3) is 1.00. The van der Waals surface area contributed by atoms with Crippen LogP contribution >= 0.6 is 0 Å². The van der Waals surface area contributed by atoms with Crippen molar-refractivity contribution in [2.75, 3.05) is 13.1 Å². The Hall–Kier alpha value is -0.720. The predicted molar refractivity (Wildman–Crippen MR) is 137 cm³/mol. The van der Waals surface area contributed by atoms with Gasteiger partial charge < -0.3 is 93.5 Å². The first-order valence-corrected chi connectivity index (χ1v) is 13.7. The zero-order chi connectivity index (χ0) is 30.3. The summed E-state index contributed by atoms with van der Waals surface area (Å²) in [6.07, 6.45) is -18.2. The van der Waals surface area contributed by atoms with Gasteiger partial charge in [-0.25, -0.2) is 0 Å². The molecule has 240 valence electrons. The standard InChI is InChI=1S/C23H46N6O12/c1-5-18(39-21-10(28)15(33)13(31)8(3-24)37-21)17(35)23(36-5)41-20-12(30)6(26)2-7(27)19(20)40-22-11(29)16(34)14(32)9(4-25)38-22/h5-23,30-35H,2-4,24-29H2,1H3/t5-,6-,7+,8+,9-,10-,11-,12+,13?,14-,15-,16-,17-,18-,19?,20-,21?,22-,23+/m1/s1. The molecular formula is C23H46N6O12. The summed E-state index contributed by atoms with van der Waals surface area (Å²) in [7, 11) is 0. The summed E-state index contributed by atoms with van der Waals surface area (Å²) in [5.41, 5.74) is 35.7. The number of nitrogens with two attached hydrogens (primary N) is 6. The molecule has 41 heavy (non-hydrogen) atoms. The fourth-order valence-electron chi connectivity index (χ4n) is 5.72. The number of aliphatic hydroxyl groups is 6. The van der Waals surface area contributed by atoms with Gasteiger partial charge in [0, 0.05) is 25.2 Å². The molecule has 4 fully saturated rings. The van der Waals surface area contributed by atoms with Crippen LogP contribution in [0.1, 0.15) is 13.3 Å². The second-order valence-electron chi connectivity index (χ2n) is 11.2. The Morgan fingerprint density at radius 2 is 1.02 bits per heavy atom. The van der Waals surface area contributed by atoms with Crippen molar-refractivity contribution in [1.29, 1.82) is 0 Å². The van der Waals surface area contributed by atoms with Crippen molar-refractivity contribution in [3.05, 3.63) is 0 Å². The highest BCUT2D eigenvalue weighted by atomic mass is 16.8. The maximum absolute atomic E-state index is 11.1. The molecule has 0 bridgehead atoms. The summed E-state index contributed by atoms with van der Waals surface area (Å²) in [4.78, 5) is 0. The van der Waals surface area contributed by atoms with Gasteiger partial charge in [0.05, 0.1) is 24.3 Å². The minimum absolute atomic E-state index is 0.117. The van der Waals surface area contributed by atoms with Crippen molar-refractivity contribution in [3.8, 4) is 0 Å². The maximum atomic E-state index is 11.1. The van der Waals surface area contributed by atoms with E-state index in [9.17, 15) is 30.6 Å². The molecule has 0 aromatic heterocycles. The van der Waals surface area contributed by atoms with Crippen LogP contribution in [0.25, 0.3) is 0 Å². The first-order chi connectivity index (χ1) is 19.3. The monoisotopic (exact) mass is 598 g/mol. The lowest BCUT2D eigenvalue weighted by molar-refractivity contribution is -0.306. The number of rotatable bonds is 8. The molecule has 18 N–H and O–H groups in total. The van der Waals surface area contributed by atoms with Gasteiger partial charge in [-0.2, -0.15) is 0 Å². The summed E-state index contributed by atoms with van der Waals surface area (Å²) in [5.74, 6) is 0. The summed E-state index contributed by atoms with van der Waals surface area (Å²) in [5, 5.41) is 63.0. The van der Waals surface area contributed by atoms with E-state index in [0.717, 1.165) is 0 Å². The second-order valence-corrected chi connectivity index (χ2v) is 11.2. The topological polar surface area (TPSA) is 333 Å². The van der Waals surface area contributed by atoms with Gasteiger partial charge in [0.15, 0.2) is 18.9 Å². The molecule has 18 nitrogen and oxygen atoms in total. The molecule has 18 heteroatoms. The Morgan fingerprint density at radius 3 is 1.51 bits per heavy atom. The average molecular weight is 599 g/mol. The van der Waals surface area contributed by atoms with Crippen molar-refractivity contribution in [2.45, 2.75) is 130 Å². The molecule has 3 saturated heterocycles. The molecule has 4 aliphatic rings. The van der Waals surface area contributed by atoms with E-state index < -0.39 is 116 Å². The van der Waals surface area contributed by atoms with Gasteiger partial charge in [-0.3, -0.25) is 0 Å². The van der Waals surface area contributed by atoms with E-state index in [2.05, 4.69) is 0 Å². The van der Waals surface area contributed by atoms with Gasteiger partial charge in [0.1, 0.15) is 61.0 Å². The molecule has 3 aliphatic heterocycles. The van der Waals surface area contributed by atoms with Gasteiger partial charge in [-0.1, -0.05) is 0 Å². The minimum atomic E-state index is -1.45. The molecule has 0 spiro atoms. The van der Waals surface area contributed by atoms with Gasteiger partial charge >= 0.3 is 0 Å². The first-order valence-electron chi connectivity index (χ1n) is 13.7. The van der Waals surface area contributed by atoms with Gasteiger partial charge in [-0.05, 0) is 13.3 Å². The van der Waals surface area contributed by atoms with Gasteiger partial charge in [0.25, 0.3) is 0 Å². The van der Waals surface area contributed by atoms with E-state index in [1.54, 1.807) is 6.92 Å². The molecule has 0 amide bonds. The smallest absolute Gasteiger partial charge is 0.187 e. The lowest BCUT2D eigenvalue weighted by atomic mass is 9.84. The van der Waals surface area contributed by atoms with Crippen LogP contribution in [0.5, 0.6) is 0 Å². The number of hydrogen-bond donors (Lipinski definition) is 12. The molecule has 0 aromatic carbocycles. The van der Waals surface area contributed by atoms with Crippen LogP contribution in [0.2, 0.25) is 0 Å². The van der Waals surface area contributed by atoms with E-state index in [1.807, 2.05) is 0 Å². The second kappa shape index (κ2) is 13.5. The van der Waals surface area contributed by atoms with Crippen molar-refractivity contribution in [3.63, 3.8) is 0 Å². The third kappa shape index (κ3) is 6.55. The van der Waals surface area contributed by atoms with Crippen LogP contribution in [-0.2, 0) is 28.4 Å². The molecule has 1 saturated carbocycles. The molecular weight excluding hydrogens is 552 g/mol. The Labute approximate surface area is 236 Å². The molecule has 4 rings (SSSR count). The lowest BCUT2D eigenvalue weighted by Gasteiger charge is -2.47. The zero-order valence-electron chi connectivity index (χ0n) is 22.7. The fourth-order valence-corrected chi connectivity index (χ4v) is 5.72. The van der Waals surface area contributed by atoms with Crippen LogP contribution in [0.15, 0.2) is 0 Å². The Bertz CT molecular complexity index is 851. The van der Waals surface area contributed by atoms with E-state index in [4.69, 9.17) is 62.8 Å². The van der Waals surface area contributed by atoms with Crippen LogP contribution in [0.4, 0.5) is 0 Å². The Balaban J connectivity index is 1.47. The van der Waals surface area contributed by atoms with Crippen molar-refractivity contribution in [2.24, 2.45) is 34.4 Å². The van der Waals surface area contributed by atoms with Gasteiger partial charge in [0.2, 0.25) is 0 Å². The van der Waals surface area contributed by atoms with Crippen LogP contribution < -0.4 is 34.4 Å². The highest BCUT2D eigenvalue weighted by Crippen LogP contribution is 2.34. The van der Waals surface area contributed by atoms with Crippen molar-refractivity contribution < 1.29 is 59.1 Å². The Kier molecular flexibility index (Phi) is 10.9. The summed E-state index contributed by atoms with van der Waals surface area (Å²) in [6, 6.07) is -3.97. The predicted octanol–water partition coefficient (Wildman–Crippen LogP) is -7.87. The van der Waals surface area contributed by atoms with E-state index in [0.29, 0.717) is 0 Å². The lowest BCUT2D eigenvalue weighted by Crippen LogP contribution is -2.68. The number of aliphatic hydroxyl groups excluding tert-OH is 6. The van der Waals surface area contributed by atoms with Crippen molar-refractivity contribution >= 4 is 0 Å². The first kappa shape index (κ1) is 33.2. The highest BCUT2D eigenvalue weighted by molar-refractivity contribution is 5.02. The summed E-state index contributed by atoms with van der Waals surface area (Å²) in [6.45, 7) is 1.34. The normalized spacial score (nSPS) is 54.8. The van der Waals surface area contributed by atoms with Crippen LogP contribution in [0.3, 0.4) is 0 Å². The summed E-state index contributed by atoms with van der Waals surface area (Å²) >= 11 is 0. The van der Waals surface area contributed by atoms with E-state index >= 15 is 0 Å². The largest absolute Gasteiger partial charge is 0.389 e. The molecule has 0 aromatic rings. The molecule has 0 radical (unpaired) electrons. The molecule has 19 atom stereocenters. The Morgan fingerprint density at radius 1 is 0.561 bits per heavy atom. The average Bonchev–Trinajstić information content (AvgIpc) is 3.20. The quantitative estimate of drug-likeness (QED) is 0.123. The molecule has 3 heterocycles. The molecule has 3 unspecified atom stereocenters.